The molecule has 5 rings (SSSR count). The first-order chi connectivity index (χ1) is 20.1. The molecule has 2 saturated heterocycles. The number of halogens is 1. The van der Waals surface area contributed by atoms with Crippen LogP contribution in [0.1, 0.15) is 24.6 Å². The third kappa shape index (κ3) is 5.38. The fraction of sp³-hybridized carbons (Fsp3) is 0.444. The molecule has 0 unspecified atom stereocenters. The number of nitrogens with zero attached hydrogens (tertiary/aromatic N) is 4. The van der Waals surface area contributed by atoms with Crippen molar-refractivity contribution >= 4 is 40.5 Å². The molecule has 2 aliphatic heterocycles. The van der Waals surface area contributed by atoms with E-state index >= 15 is 0 Å². The summed E-state index contributed by atoms with van der Waals surface area (Å²) in [5.41, 5.74) is -4.30. The van der Waals surface area contributed by atoms with E-state index in [1.165, 1.54) is 10.9 Å². The number of aliphatic carboxylic acids is 2. The van der Waals surface area contributed by atoms with Gasteiger partial charge in [-0.1, -0.05) is 36.3 Å². The summed E-state index contributed by atoms with van der Waals surface area (Å²) in [7, 11) is 0. The van der Waals surface area contributed by atoms with E-state index in [-0.39, 0.29) is 17.0 Å². The van der Waals surface area contributed by atoms with Crippen molar-refractivity contribution in [3.05, 3.63) is 47.5 Å². The number of aliphatic hydroxyl groups excluding tert-OH is 1. The minimum atomic E-state index is -2.74. The van der Waals surface area contributed by atoms with E-state index in [4.69, 9.17) is 32.2 Å². The maximum absolute atomic E-state index is 12.2. The Kier molecular flexibility index (Phi) is 8.33. The number of carboxylic acids is 2. The summed E-state index contributed by atoms with van der Waals surface area (Å²) in [6.45, 7) is 0.375. The van der Waals surface area contributed by atoms with E-state index in [0.29, 0.717) is 30.1 Å². The van der Waals surface area contributed by atoms with Gasteiger partial charge in [0.2, 0.25) is 5.28 Å². The van der Waals surface area contributed by atoms with Crippen LogP contribution in [0.25, 0.3) is 11.2 Å². The Morgan fingerprint density at radius 3 is 2.55 bits per heavy atom. The Balaban J connectivity index is 1.43. The largest absolute Gasteiger partial charge is 0.479 e. The number of ether oxygens (including phenoxy) is 3. The first kappa shape index (κ1) is 29.6. The number of rotatable bonds is 10. The van der Waals surface area contributed by atoms with Crippen LogP contribution < -0.4 is 5.32 Å². The molecular weight excluding hydrogens is 574 g/mol. The zero-order valence-corrected chi connectivity index (χ0v) is 22.8. The summed E-state index contributed by atoms with van der Waals surface area (Å²) in [5.74, 6) is -1.10. The van der Waals surface area contributed by atoms with E-state index < -0.39 is 54.6 Å². The third-order valence-corrected chi connectivity index (χ3v) is 7.61. The molecule has 0 saturated carbocycles. The minimum absolute atomic E-state index is 0.0547. The molecule has 5 N–H and O–H groups in total. The van der Waals surface area contributed by atoms with Crippen LogP contribution in [0, 0.1) is 12.3 Å². The molecule has 0 aliphatic carbocycles. The maximum Gasteiger partial charge on any atom is 0.348 e. The van der Waals surface area contributed by atoms with Crippen LogP contribution in [0.4, 0.5) is 5.82 Å². The zero-order valence-electron chi connectivity index (χ0n) is 22.1. The molecule has 2 fully saturated rings. The first-order valence-electron chi connectivity index (χ1n) is 13.0. The minimum Gasteiger partial charge on any atom is -0.479 e. The van der Waals surface area contributed by atoms with Gasteiger partial charge in [0.05, 0.1) is 12.9 Å². The van der Waals surface area contributed by atoms with Gasteiger partial charge in [0.25, 0.3) is 5.60 Å². The van der Waals surface area contributed by atoms with Crippen LogP contribution in [-0.4, -0.2) is 101 Å². The average molecular weight is 602 g/mol. The van der Waals surface area contributed by atoms with Crippen LogP contribution in [0.3, 0.4) is 0 Å². The van der Waals surface area contributed by atoms with Crippen LogP contribution in [-0.2, 0) is 30.2 Å². The number of nitrogens with one attached hydrogen (secondary N) is 1. The van der Waals surface area contributed by atoms with Crippen molar-refractivity contribution in [1.82, 2.24) is 19.5 Å². The molecule has 0 amide bonds. The topological polar surface area (TPSA) is 198 Å². The summed E-state index contributed by atoms with van der Waals surface area (Å²) < 4.78 is 18.1. The van der Waals surface area contributed by atoms with Crippen molar-refractivity contribution in [3.8, 4) is 12.3 Å². The summed E-state index contributed by atoms with van der Waals surface area (Å²) in [6, 6.07) is 8.09. The second-order valence-corrected chi connectivity index (χ2v) is 10.4. The number of aromatic nitrogens is 4. The molecule has 0 spiro atoms. The molecule has 15 heteroatoms. The van der Waals surface area contributed by atoms with Gasteiger partial charge in [-0.2, -0.15) is 9.97 Å². The lowest BCUT2D eigenvalue weighted by atomic mass is 9.92. The number of benzene rings is 1. The molecule has 3 aromatic rings. The predicted octanol–water partition coefficient (Wildman–Crippen LogP) is 0.860. The first-order valence-corrected chi connectivity index (χ1v) is 13.4. The van der Waals surface area contributed by atoms with E-state index in [0.717, 1.165) is 12.8 Å². The molecule has 222 valence electrons. The van der Waals surface area contributed by atoms with Gasteiger partial charge in [-0.25, -0.2) is 14.6 Å². The number of aliphatic hydroxyl groups is 2. The van der Waals surface area contributed by atoms with E-state index in [2.05, 4.69) is 26.2 Å². The highest BCUT2D eigenvalue weighted by molar-refractivity contribution is 6.28. The quantitative estimate of drug-likeness (QED) is 0.125. The van der Waals surface area contributed by atoms with Gasteiger partial charge in [-0.05, 0) is 30.0 Å². The standard InChI is InChI=1S/C27H28ClN5O9/c1-2-26(39)17(13-41-27(23(35)36,24(37)38)12-15-6-4-3-5-7-15)42-22(19(26)34)33-14-29-18-20(31-25(28)32-21(18)33)30-16-8-10-40-11-9-16/h1,3-7,14,16-17,19,22,34,39H,8-13H2,(H,35,36)(H,37,38)(H,30,31,32)/t17-,19+,22-,26-/m1/s1. The van der Waals surface area contributed by atoms with Crippen molar-refractivity contribution in [3.63, 3.8) is 0 Å². The molecule has 1 aromatic carbocycles. The number of hydrogen-bond donors (Lipinski definition) is 5. The van der Waals surface area contributed by atoms with E-state index in [1.54, 1.807) is 30.3 Å². The molecule has 14 nitrogen and oxygen atoms in total. The second kappa shape index (κ2) is 11.8. The molecule has 0 bridgehead atoms. The van der Waals surface area contributed by atoms with Crippen LogP contribution >= 0.6 is 11.6 Å². The van der Waals surface area contributed by atoms with Gasteiger partial charge >= 0.3 is 11.9 Å². The average Bonchev–Trinajstić information content (AvgIpc) is 3.50. The van der Waals surface area contributed by atoms with Gasteiger partial charge in [0, 0.05) is 25.7 Å². The summed E-state index contributed by atoms with van der Waals surface area (Å²) >= 11 is 6.21. The summed E-state index contributed by atoms with van der Waals surface area (Å²) in [5, 5.41) is 45.4. The predicted molar refractivity (Wildman–Crippen MR) is 146 cm³/mol. The fourth-order valence-corrected chi connectivity index (χ4v) is 5.21. The molecular formula is C27H28ClN5O9. The Labute approximate surface area is 244 Å². The normalized spacial score (nSPS) is 24.9. The highest BCUT2D eigenvalue weighted by Crippen LogP contribution is 2.39. The Morgan fingerprint density at radius 1 is 1.21 bits per heavy atom. The van der Waals surface area contributed by atoms with Crippen molar-refractivity contribution in [2.75, 3.05) is 25.1 Å². The summed E-state index contributed by atoms with van der Waals surface area (Å²) in [4.78, 5) is 37.3. The molecule has 4 heterocycles. The number of imidazole rings is 1. The summed E-state index contributed by atoms with van der Waals surface area (Å²) in [6.07, 6.45) is 3.12. The molecule has 0 radical (unpaired) electrons. The van der Waals surface area contributed by atoms with Crippen LogP contribution in [0.5, 0.6) is 0 Å². The Bertz CT molecular complexity index is 1490. The Morgan fingerprint density at radius 2 is 1.90 bits per heavy atom. The van der Waals surface area contributed by atoms with Crippen molar-refractivity contribution < 1.29 is 44.2 Å². The highest BCUT2D eigenvalue weighted by atomic mass is 35.5. The van der Waals surface area contributed by atoms with Crippen molar-refractivity contribution in [2.45, 2.75) is 54.9 Å². The lowest BCUT2D eigenvalue weighted by Crippen LogP contribution is -2.55. The second-order valence-electron chi connectivity index (χ2n) is 10.0. The monoisotopic (exact) mass is 601 g/mol. The Hall–Kier alpha value is -3.84. The van der Waals surface area contributed by atoms with Crippen LogP contribution in [0.2, 0.25) is 5.28 Å². The van der Waals surface area contributed by atoms with E-state index in [9.17, 15) is 30.0 Å². The van der Waals surface area contributed by atoms with Crippen molar-refractivity contribution in [2.24, 2.45) is 0 Å². The van der Waals surface area contributed by atoms with Gasteiger partial charge in [-0.3, -0.25) is 4.57 Å². The van der Waals surface area contributed by atoms with Gasteiger partial charge in [0.1, 0.15) is 12.2 Å². The smallest absolute Gasteiger partial charge is 0.348 e. The number of fused-ring (bicyclic) bond motifs is 1. The van der Waals surface area contributed by atoms with E-state index in [1.807, 2.05) is 0 Å². The number of anilines is 1. The maximum atomic E-state index is 12.2. The van der Waals surface area contributed by atoms with Gasteiger partial charge in [0.15, 0.2) is 28.8 Å². The van der Waals surface area contributed by atoms with Gasteiger partial charge < -0.3 is 40.0 Å². The number of hydrogen-bond acceptors (Lipinski definition) is 11. The van der Waals surface area contributed by atoms with Crippen molar-refractivity contribution in [1.29, 1.82) is 0 Å². The highest BCUT2D eigenvalue weighted by Gasteiger charge is 2.58. The fourth-order valence-electron chi connectivity index (χ4n) is 5.05. The molecule has 2 aliphatic rings. The van der Waals surface area contributed by atoms with Crippen LogP contribution in [0.15, 0.2) is 36.7 Å². The molecule has 4 atom stereocenters. The van der Waals surface area contributed by atoms with Gasteiger partial charge in [-0.15, -0.1) is 6.42 Å². The SMILES string of the molecule is C#C[C@@]1(O)[C@@H](COC(Cc2ccccc2)(C(=O)O)C(=O)O)O[C@@H](n2cnc3c(NC4CCOCC4)nc(Cl)nc32)[C@@H]1O. The number of terminal acetylenes is 1. The lowest BCUT2D eigenvalue weighted by Gasteiger charge is -2.30. The number of carboxylic acid groups (broad SMARTS) is 2. The third-order valence-electron chi connectivity index (χ3n) is 7.45. The molecule has 2 aromatic heterocycles. The molecule has 42 heavy (non-hydrogen) atoms. The zero-order chi connectivity index (χ0) is 30.1. The number of carbonyl (C=O) groups is 2. The lowest BCUT2D eigenvalue weighted by molar-refractivity contribution is -0.191.